The lowest BCUT2D eigenvalue weighted by atomic mass is 9.83. The van der Waals surface area contributed by atoms with Crippen LogP contribution in [0.1, 0.15) is 52.7 Å². The van der Waals surface area contributed by atoms with Crippen LogP contribution in [-0.4, -0.2) is 4.98 Å². The maximum Gasteiger partial charge on any atom is 0.140 e. The van der Waals surface area contributed by atoms with Crippen LogP contribution in [0.25, 0.3) is 54.7 Å². The number of benzene rings is 4. The summed E-state index contributed by atoms with van der Waals surface area (Å²) in [7, 11) is 0. The van der Waals surface area contributed by atoms with E-state index in [-0.39, 0.29) is 10.8 Å². The molecule has 0 radical (unpaired) electrons. The molecule has 0 saturated carbocycles. The summed E-state index contributed by atoms with van der Waals surface area (Å²) in [6.07, 6.45) is 3.84. The summed E-state index contributed by atoms with van der Waals surface area (Å²) in [5, 5.41) is 7.00. The molecule has 2 aromatic heterocycles. The Bertz CT molecular complexity index is 1910. The average molecular weight is 500 g/mol. The van der Waals surface area contributed by atoms with E-state index in [0.29, 0.717) is 0 Å². The number of rotatable bonds is 2. The highest BCUT2D eigenvalue weighted by Crippen LogP contribution is 2.52. The molecule has 0 bridgehead atoms. The van der Waals surface area contributed by atoms with Gasteiger partial charge in [0.2, 0.25) is 0 Å². The van der Waals surface area contributed by atoms with Crippen LogP contribution in [0.4, 0.5) is 0 Å². The van der Waals surface area contributed by atoms with Crippen molar-refractivity contribution in [1.29, 1.82) is 0 Å². The number of hydrogen-bond acceptors (Lipinski definition) is 3. The number of para-hydroxylation sites is 1. The lowest BCUT2D eigenvalue weighted by Gasteiger charge is -2.27. The number of pyridine rings is 1. The summed E-state index contributed by atoms with van der Waals surface area (Å²) in [6.45, 7) is 13.7. The zero-order valence-electron chi connectivity index (χ0n) is 23.0. The van der Waals surface area contributed by atoms with Gasteiger partial charge in [-0.25, -0.2) is 0 Å². The van der Waals surface area contributed by atoms with Crippen molar-refractivity contribution < 1.29 is 9.15 Å². The van der Waals surface area contributed by atoms with Gasteiger partial charge in [-0.3, -0.25) is 4.98 Å². The van der Waals surface area contributed by atoms with Crippen LogP contribution in [-0.2, 0) is 12.8 Å². The van der Waals surface area contributed by atoms with Crippen LogP contribution in [0.15, 0.2) is 71.3 Å². The summed E-state index contributed by atoms with van der Waals surface area (Å²) < 4.78 is 13.3. The fourth-order valence-electron chi connectivity index (χ4n) is 6.17. The fraction of sp³-hybridized carbons (Fsp3) is 0.286. The molecule has 1 aliphatic rings. The molecule has 0 unspecified atom stereocenters. The molecule has 0 atom stereocenters. The molecule has 0 N–H and O–H groups in total. The normalized spacial score (nSPS) is 13.4. The van der Waals surface area contributed by atoms with Crippen LogP contribution >= 0.6 is 0 Å². The molecule has 1 aliphatic heterocycles. The van der Waals surface area contributed by atoms with Crippen molar-refractivity contribution in [2.45, 2.75) is 54.4 Å². The summed E-state index contributed by atoms with van der Waals surface area (Å²) in [6, 6.07) is 21.6. The van der Waals surface area contributed by atoms with E-state index in [1.807, 2.05) is 18.3 Å². The Morgan fingerprint density at radius 3 is 2.29 bits per heavy atom. The Morgan fingerprint density at radius 1 is 0.711 bits per heavy atom. The third-order valence-corrected chi connectivity index (χ3v) is 7.52. The van der Waals surface area contributed by atoms with Gasteiger partial charge in [-0.15, -0.1) is 0 Å². The van der Waals surface area contributed by atoms with Gasteiger partial charge in [0.25, 0.3) is 0 Å². The van der Waals surface area contributed by atoms with Crippen LogP contribution in [0.2, 0.25) is 0 Å². The third-order valence-electron chi connectivity index (χ3n) is 7.52. The van der Waals surface area contributed by atoms with Crippen molar-refractivity contribution in [3.8, 4) is 22.8 Å². The summed E-state index contributed by atoms with van der Waals surface area (Å²) in [4.78, 5) is 4.94. The molecule has 190 valence electrons. The number of nitrogens with zero attached hydrogens (tertiary/aromatic N) is 1. The second-order valence-electron chi connectivity index (χ2n) is 13.3. The van der Waals surface area contributed by atoms with Gasteiger partial charge in [0.15, 0.2) is 0 Å². The van der Waals surface area contributed by atoms with Gasteiger partial charge in [-0.2, -0.15) is 0 Å². The molecule has 3 nitrogen and oxygen atoms in total. The van der Waals surface area contributed by atoms with E-state index >= 15 is 0 Å². The summed E-state index contributed by atoms with van der Waals surface area (Å²) >= 11 is 0. The second-order valence-corrected chi connectivity index (χ2v) is 13.3. The monoisotopic (exact) mass is 499 g/mol. The standard InChI is InChI=1S/C35H33NO2/c1-34(2,3)18-20-11-12-21-16-28-31-22(24(21)15-20)13-14-36-32(31)25-17-29-30(23-9-7-8-10-27(23)37-29)26(33(25)38-28)19-35(4,5)6/h7-17H,18-19H2,1-6H3. The van der Waals surface area contributed by atoms with Gasteiger partial charge in [0.05, 0.1) is 11.1 Å². The molecule has 6 aromatic rings. The molecule has 0 saturated heterocycles. The van der Waals surface area contributed by atoms with Crippen molar-refractivity contribution in [3.63, 3.8) is 0 Å². The lowest BCUT2D eigenvalue weighted by Crippen LogP contribution is -2.12. The van der Waals surface area contributed by atoms with Crippen molar-refractivity contribution in [1.82, 2.24) is 4.98 Å². The first kappa shape index (κ1) is 23.3. The minimum Gasteiger partial charge on any atom is -0.456 e. The smallest absolute Gasteiger partial charge is 0.140 e. The van der Waals surface area contributed by atoms with E-state index in [9.17, 15) is 0 Å². The van der Waals surface area contributed by atoms with Crippen molar-refractivity contribution in [3.05, 3.63) is 78.0 Å². The molecule has 0 amide bonds. The van der Waals surface area contributed by atoms with Crippen molar-refractivity contribution in [2.24, 2.45) is 10.8 Å². The van der Waals surface area contributed by atoms with Gasteiger partial charge in [-0.1, -0.05) is 77.9 Å². The van der Waals surface area contributed by atoms with Crippen LogP contribution in [0.3, 0.4) is 0 Å². The highest BCUT2D eigenvalue weighted by molar-refractivity contribution is 6.17. The lowest BCUT2D eigenvalue weighted by molar-refractivity contribution is 0.400. The zero-order chi connectivity index (χ0) is 26.4. The fourth-order valence-corrected chi connectivity index (χ4v) is 6.17. The van der Waals surface area contributed by atoms with Gasteiger partial charge in [-0.05, 0) is 69.7 Å². The van der Waals surface area contributed by atoms with Crippen LogP contribution in [0, 0.1) is 10.8 Å². The minimum absolute atomic E-state index is 0.0658. The number of hydrogen-bond donors (Lipinski definition) is 0. The molecule has 7 rings (SSSR count). The maximum atomic E-state index is 6.89. The predicted molar refractivity (Wildman–Crippen MR) is 158 cm³/mol. The first-order valence-corrected chi connectivity index (χ1v) is 13.6. The molecule has 3 heterocycles. The molecule has 38 heavy (non-hydrogen) atoms. The Hall–Kier alpha value is -3.85. The number of aromatic nitrogens is 1. The Kier molecular flexibility index (Phi) is 4.80. The van der Waals surface area contributed by atoms with Crippen molar-refractivity contribution in [2.75, 3.05) is 0 Å². The number of furan rings is 1. The second kappa shape index (κ2) is 7.83. The highest BCUT2D eigenvalue weighted by Gasteiger charge is 2.30. The number of fused-ring (bicyclic) bond motifs is 7. The van der Waals surface area contributed by atoms with E-state index < -0.39 is 0 Å². The third kappa shape index (κ3) is 3.67. The molecule has 3 heteroatoms. The molecule has 0 aliphatic carbocycles. The zero-order valence-corrected chi connectivity index (χ0v) is 23.0. The van der Waals surface area contributed by atoms with Crippen LogP contribution < -0.4 is 4.74 Å². The molecular formula is C35H33NO2. The van der Waals surface area contributed by atoms with Gasteiger partial charge in [0, 0.05) is 28.1 Å². The largest absolute Gasteiger partial charge is 0.456 e. The van der Waals surface area contributed by atoms with Gasteiger partial charge >= 0.3 is 0 Å². The maximum absolute atomic E-state index is 6.89. The SMILES string of the molecule is CC(C)(C)Cc1ccc2cc3c4c(nccc4c2c1)-c1cc2oc4ccccc4c2c(CC(C)(C)C)c1O3. The van der Waals surface area contributed by atoms with E-state index in [0.717, 1.165) is 62.9 Å². The topological polar surface area (TPSA) is 35.3 Å². The molecule has 4 aromatic carbocycles. The Morgan fingerprint density at radius 2 is 1.50 bits per heavy atom. The average Bonchev–Trinajstić information content (AvgIpc) is 3.22. The van der Waals surface area contributed by atoms with Gasteiger partial charge < -0.3 is 9.15 Å². The van der Waals surface area contributed by atoms with E-state index in [1.54, 1.807) is 0 Å². The first-order chi connectivity index (χ1) is 18.1. The van der Waals surface area contributed by atoms with Crippen molar-refractivity contribution >= 4 is 43.5 Å². The quantitative estimate of drug-likeness (QED) is 0.222. The van der Waals surface area contributed by atoms with E-state index in [1.165, 1.54) is 27.3 Å². The Labute approximate surface area is 223 Å². The van der Waals surface area contributed by atoms with E-state index in [4.69, 9.17) is 14.1 Å². The van der Waals surface area contributed by atoms with Crippen LogP contribution in [0.5, 0.6) is 11.5 Å². The molecule has 0 spiro atoms. The van der Waals surface area contributed by atoms with E-state index in [2.05, 4.69) is 90.1 Å². The molecule has 0 fully saturated rings. The highest BCUT2D eigenvalue weighted by atomic mass is 16.5. The summed E-state index contributed by atoms with van der Waals surface area (Å²) in [5.74, 6) is 1.80. The molecular weight excluding hydrogens is 466 g/mol. The minimum atomic E-state index is 0.0658. The Balaban J connectivity index is 1.55. The summed E-state index contributed by atoms with van der Waals surface area (Å²) in [5.41, 5.74) is 6.62. The van der Waals surface area contributed by atoms with Gasteiger partial charge in [0.1, 0.15) is 22.7 Å². The number of ether oxygens (including phenoxy) is 1. The predicted octanol–water partition coefficient (Wildman–Crippen LogP) is 10.2. The first-order valence-electron chi connectivity index (χ1n) is 13.6.